The molecule has 0 atom stereocenters. The van der Waals surface area contributed by atoms with E-state index in [4.69, 9.17) is 17.7 Å². The van der Waals surface area contributed by atoms with Crippen LogP contribution in [0.4, 0.5) is 34.1 Å². The second kappa shape index (κ2) is 17.4. The van der Waals surface area contributed by atoms with Gasteiger partial charge in [-0.15, -0.1) is 0 Å². The highest BCUT2D eigenvalue weighted by atomic mass is 16.4. The Hall–Kier alpha value is -12.0. The number of para-hydroxylation sites is 10. The summed E-state index contributed by atoms with van der Waals surface area (Å²) in [6, 6.07) is 105. The van der Waals surface area contributed by atoms with Crippen LogP contribution in [0.5, 0.6) is 0 Å². The largest absolute Gasteiger partial charge is 0.456 e. The van der Waals surface area contributed by atoms with E-state index in [9.17, 15) is 0 Å². The third kappa shape index (κ3) is 5.95. The third-order valence-corrected chi connectivity index (χ3v) is 19.9. The molecule has 8 nitrogen and oxygen atoms in total. The fourth-order valence-electron chi connectivity index (χ4n) is 16.5. The summed E-state index contributed by atoms with van der Waals surface area (Å²) in [6.07, 6.45) is 0. The molecule has 2 spiro atoms. The Morgan fingerprint density at radius 2 is 0.556 bits per heavy atom. The number of anilines is 6. The van der Waals surface area contributed by atoms with Crippen LogP contribution in [0.2, 0.25) is 0 Å². The minimum Gasteiger partial charge on any atom is -0.456 e. The molecule has 3 aliphatic rings. The first-order valence-electron chi connectivity index (χ1n) is 30.7. The van der Waals surface area contributed by atoms with E-state index in [0.29, 0.717) is 11.8 Å². The molecule has 0 saturated carbocycles. The number of benzene rings is 12. The number of fused-ring (bicyclic) bond motifs is 26. The van der Waals surface area contributed by atoms with E-state index in [1.807, 2.05) is 12.1 Å². The van der Waals surface area contributed by atoms with E-state index in [-0.39, 0.29) is 0 Å². The topological polar surface area (TPSA) is 68.9 Å². The Bertz CT molecular complexity index is 5580. The molecule has 0 fully saturated rings. The maximum atomic E-state index is 8.39. The number of hydrogen-bond acceptors (Lipinski definition) is 6. The Morgan fingerprint density at radius 3 is 0.956 bits per heavy atom. The van der Waals surface area contributed by atoms with Gasteiger partial charge in [0.1, 0.15) is 44.7 Å². The molecule has 12 aromatic carbocycles. The molecule has 420 valence electrons. The van der Waals surface area contributed by atoms with Crippen molar-refractivity contribution in [3.8, 4) is 11.8 Å². The summed E-state index contributed by atoms with van der Waals surface area (Å²) in [5.74, 6) is 2.97. The molecule has 1 aliphatic carbocycles. The van der Waals surface area contributed by atoms with Gasteiger partial charge in [0.25, 0.3) is 0 Å². The van der Waals surface area contributed by atoms with Gasteiger partial charge in [-0.2, -0.15) is 0 Å². The van der Waals surface area contributed by atoms with Crippen molar-refractivity contribution in [3.63, 3.8) is 0 Å². The van der Waals surface area contributed by atoms with Gasteiger partial charge in [0.15, 0.2) is 0 Å². The minimum absolute atomic E-state index is 0.683. The van der Waals surface area contributed by atoms with Crippen LogP contribution in [-0.2, 0) is 10.8 Å². The van der Waals surface area contributed by atoms with Crippen molar-refractivity contribution < 1.29 is 17.7 Å². The number of rotatable bonds is 4. The predicted octanol–water partition coefficient (Wildman–Crippen LogP) is 21.5. The lowest BCUT2D eigenvalue weighted by atomic mass is 9.53. The molecule has 90 heavy (non-hydrogen) atoms. The summed E-state index contributed by atoms with van der Waals surface area (Å²) in [7, 11) is 0. The van der Waals surface area contributed by atoms with Gasteiger partial charge in [0.2, 0.25) is 11.8 Å². The van der Waals surface area contributed by atoms with E-state index in [0.717, 1.165) is 167 Å². The predicted molar refractivity (Wildman–Crippen MR) is 361 cm³/mol. The van der Waals surface area contributed by atoms with Crippen LogP contribution < -0.4 is 9.80 Å². The van der Waals surface area contributed by atoms with Gasteiger partial charge in [-0.3, -0.25) is 9.13 Å². The lowest BCUT2D eigenvalue weighted by Crippen LogP contribution is -2.48. The molecule has 0 radical (unpaired) electrons. The average Bonchev–Trinajstić information content (AvgIpc) is 1.24. The zero-order valence-corrected chi connectivity index (χ0v) is 48.1. The number of nitrogens with zero attached hydrogens (tertiary/aromatic N) is 4. The lowest BCUT2D eigenvalue weighted by Gasteiger charge is -2.51. The highest BCUT2D eigenvalue weighted by molar-refractivity contribution is 6.19. The van der Waals surface area contributed by atoms with E-state index < -0.39 is 10.8 Å². The Kier molecular flexibility index (Phi) is 9.30. The minimum atomic E-state index is -1.16. The standard InChI is InChI=1S/C82H48N4O4/c1-3-23-49(24-4-1)83-67-37-17-11-31-59(67)81(60-32-12-18-38-68(60)83)63-47-77(85-65-35-15-7-27-51(65)55-45-75-57(43-71(55)85)53-29-9-21-41-73(53)87-75)90-80(63)82(61-33-13-19-39-69(61)84(50-25-5-2-6-26-50)70-40-20-14-34-62(70)82)64-48-78(89-79(64)81)86-66-36-16-8-28-52(66)56-46-76-58(44-72(56)86)54-30-10-22-42-74(54)88-76/h1-48H. The molecule has 21 rings (SSSR count). The van der Waals surface area contributed by atoms with E-state index in [1.54, 1.807) is 0 Å². The first-order valence-corrected chi connectivity index (χ1v) is 30.7. The van der Waals surface area contributed by atoms with Crippen LogP contribution in [0.25, 0.3) is 99.3 Å². The molecule has 18 aromatic rings. The monoisotopic (exact) mass is 1150 g/mol. The number of hydrogen-bond donors (Lipinski definition) is 0. The zero-order chi connectivity index (χ0) is 58.6. The van der Waals surface area contributed by atoms with Crippen LogP contribution in [0.15, 0.2) is 309 Å². The average molecular weight is 1150 g/mol. The molecular formula is C82H48N4O4. The summed E-state index contributed by atoms with van der Waals surface area (Å²) in [5, 5.41) is 8.52. The molecule has 8 heterocycles. The van der Waals surface area contributed by atoms with Crippen LogP contribution in [0, 0.1) is 0 Å². The fraction of sp³-hybridized carbons (Fsp3) is 0.0244. The first kappa shape index (κ1) is 48.2. The summed E-state index contributed by atoms with van der Waals surface area (Å²) in [5.41, 5.74) is 17.5. The summed E-state index contributed by atoms with van der Waals surface area (Å²) < 4.78 is 34.8. The van der Waals surface area contributed by atoms with Crippen molar-refractivity contribution in [1.82, 2.24) is 9.13 Å². The van der Waals surface area contributed by atoms with Crippen molar-refractivity contribution >= 4 is 122 Å². The lowest BCUT2D eigenvalue weighted by molar-refractivity contribution is 0.388. The molecule has 0 unspecified atom stereocenters. The first-order chi connectivity index (χ1) is 44.6. The van der Waals surface area contributed by atoms with Crippen LogP contribution in [0.1, 0.15) is 44.9 Å². The molecule has 0 saturated heterocycles. The Labute approximate surface area is 514 Å². The summed E-state index contributed by atoms with van der Waals surface area (Å²) in [4.78, 5) is 4.85. The maximum absolute atomic E-state index is 8.39. The van der Waals surface area contributed by atoms with Gasteiger partial charge in [-0.1, -0.05) is 182 Å². The normalized spacial score (nSPS) is 14.4. The highest BCUT2D eigenvalue weighted by Gasteiger charge is 2.64. The molecule has 0 amide bonds. The van der Waals surface area contributed by atoms with Gasteiger partial charge < -0.3 is 27.5 Å². The maximum Gasteiger partial charge on any atom is 0.205 e. The second-order valence-electron chi connectivity index (χ2n) is 24.2. The van der Waals surface area contributed by atoms with Gasteiger partial charge >= 0.3 is 0 Å². The van der Waals surface area contributed by atoms with Crippen LogP contribution in [-0.4, -0.2) is 9.13 Å². The van der Waals surface area contributed by atoms with Gasteiger partial charge in [0, 0.05) is 77.7 Å². The molecular weight excluding hydrogens is 1100 g/mol. The highest BCUT2D eigenvalue weighted by Crippen LogP contribution is 2.69. The van der Waals surface area contributed by atoms with E-state index >= 15 is 0 Å². The van der Waals surface area contributed by atoms with Crippen molar-refractivity contribution in [2.75, 3.05) is 9.80 Å². The second-order valence-corrected chi connectivity index (χ2v) is 24.2. The van der Waals surface area contributed by atoms with Crippen LogP contribution >= 0.6 is 0 Å². The number of aromatic nitrogens is 2. The molecule has 0 bridgehead atoms. The van der Waals surface area contributed by atoms with E-state index in [2.05, 4.69) is 298 Å². The van der Waals surface area contributed by atoms with Gasteiger partial charge in [-0.05, 0) is 119 Å². The third-order valence-electron chi connectivity index (χ3n) is 19.9. The van der Waals surface area contributed by atoms with Gasteiger partial charge in [-0.25, -0.2) is 0 Å². The Balaban J connectivity index is 0.962. The zero-order valence-electron chi connectivity index (χ0n) is 48.1. The smallest absolute Gasteiger partial charge is 0.205 e. The SMILES string of the molecule is c1ccc(N2c3ccccc3C3(c4ccccc42)c2cc(-n4c5ccccc5c5cc6oc7ccccc7c6cc54)oc2C2(c4ccccc4N(c4ccccc4)c4ccccc42)c2cc(-n4c5ccccc5c5cc6oc7ccccc7c6cc54)oc23)cc1. The van der Waals surface area contributed by atoms with Gasteiger partial charge in [0.05, 0.1) is 44.8 Å². The van der Waals surface area contributed by atoms with Crippen molar-refractivity contribution in [2.24, 2.45) is 0 Å². The summed E-state index contributed by atoms with van der Waals surface area (Å²) >= 11 is 0. The molecule has 0 N–H and O–H groups in total. The van der Waals surface area contributed by atoms with Crippen molar-refractivity contribution in [2.45, 2.75) is 10.8 Å². The van der Waals surface area contributed by atoms with Crippen LogP contribution in [0.3, 0.4) is 0 Å². The molecule has 2 aliphatic heterocycles. The van der Waals surface area contributed by atoms with E-state index in [1.165, 1.54) is 0 Å². The van der Waals surface area contributed by atoms with Crippen molar-refractivity contribution in [3.05, 3.63) is 336 Å². The molecule has 6 aromatic heterocycles. The summed E-state index contributed by atoms with van der Waals surface area (Å²) in [6.45, 7) is 0. The fourth-order valence-corrected chi connectivity index (χ4v) is 16.5. The Morgan fingerprint density at radius 1 is 0.222 bits per heavy atom. The van der Waals surface area contributed by atoms with Crippen molar-refractivity contribution in [1.29, 1.82) is 0 Å². The quantitative estimate of drug-likeness (QED) is 0.175. The number of furan rings is 4. The molecule has 8 heteroatoms.